The maximum absolute atomic E-state index is 12.5. The Labute approximate surface area is 204 Å². The van der Waals surface area contributed by atoms with Crippen molar-refractivity contribution in [3.8, 4) is 5.75 Å². The van der Waals surface area contributed by atoms with E-state index in [-0.39, 0.29) is 16.9 Å². The molecule has 0 aliphatic carbocycles. The SMILES string of the molecule is CCCCCCOc1ccc(C(=O)NC(=S)Nc2ccc(C(=O)NCc3ccco3)cc2)cc1. The van der Waals surface area contributed by atoms with Gasteiger partial charge in [-0.3, -0.25) is 14.9 Å². The number of anilines is 1. The van der Waals surface area contributed by atoms with Crippen LogP contribution in [0.4, 0.5) is 5.69 Å². The first-order chi connectivity index (χ1) is 16.5. The predicted molar refractivity (Wildman–Crippen MR) is 136 cm³/mol. The number of rotatable bonds is 11. The molecule has 2 amide bonds. The van der Waals surface area contributed by atoms with Crippen LogP contribution in [0.3, 0.4) is 0 Å². The predicted octanol–water partition coefficient (Wildman–Crippen LogP) is 5.30. The summed E-state index contributed by atoms with van der Waals surface area (Å²) < 4.78 is 10.9. The van der Waals surface area contributed by atoms with Crippen LogP contribution in [0, 0.1) is 0 Å². The normalized spacial score (nSPS) is 10.4. The fraction of sp³-hybridized carbons (Fsp3) is 0.269. The lowest BCUT2D eigenvalue weighted by molar-refractivity contribution is 0.0946. The van der Waals surface area contributed by atoms with Crippen molar-refractivity contribution >= 4 is 34.8 Å². The van der Waals surface area contributed by atoms with E-state index in [0.29, 0.717) is 35.7 Å². The van der Waals surface area contributed by atoms with E-state index in [9.17, 15) is 9.59 Å². The first kappa shape index (κ1) is 25.0. The lowest BCUT2D eigenvalue weighted by atomic mass is 10.2. The fourth-order valence-corrected chi connectivity index (χ4v) is 3.36. The number of thiocarbonyl (C=S) groups is 1. The number of ether oxygens (including phenoxy) is 1. The lowest BCUT2D eigenvalue weighted by Crippen LogP contribution is -2.34. The molecular formula is C26H29N3O4S. The van der Waals surface area contributed by atoms with Crippen LogP contribution >= 0.6 is 12.2 Å². The van der Waals surface area contributed by atoms with Crippen LogP contribution in [0.5, 0.6) is 5.75 Å². The molecule has 0 saturated heterocycles. The number of carbonyl (C=O) groups is 2. The highest BCUT2D eigenvalue weighted by Gasteiger charge is 2.10. The van der Waals surface area contributed by atoms with Gasteiger partial charge in [0.05, 0.1) is 19.4 Å². The zero-order valence-electron chi connectivity index (χ0n) is 19.1. The molecule has 2 aromatic carbocycles. The van der Waals surface area contributed by atoms with E-state index < -0.39 is 0 Å². The number of hydrogen-bond donors (Lipinski definition) is 3. The van der Waals surface area contributed by atoms with Crippen LogP contribution in [0.15, 0.2) is 71.3 Å². The summed E-state index contributed by atoms with van der Waals surface area (Å²) >= 11 is 5.24. The van der Waals surface area contributed by atoms with Gasteiger partial charge < -0.3 is 19.8 Å². The molecule has 178 valence electrons. The Bertz CT molecular complexity index is 1060. The summed E-state index contributed by atoms with van der Waals surface area (Å²) in [5.41, 5.74) is 1.63. The molecule has 8 heteroatoms. The van der Waals surface area contributed by atoms with Crippen LogP contribution in [0.2, 0.25) is 0 Å². The summed E-state index contributed by atoms with van der Waals surface area (Å²) in [6.07, 6.45) is 6.14. The van der Waals surface area contributed by atoms with Gasteiger partial charge in [0.15, 0.2) is 5.11 Å². The second-order valence-corrected chi connectivity index (χ2v) is 8.09. The first-order valence-corrected chi connectivity index (χ1v) is 11.7. The Morgan fingerprint density at radius 1 is 0.912 bits per heavy atom. The van der Waals surface area contributed by atoms with Crippen molar-refractivity contribution in [3.05, 3.63) is 83.8 Å². The Hall–Kier alpha value is -3.65. The summed E-state index contributed by atoms with van der Waals surface area (Å²) in [5, 5.41) is 8.55. The molecule has 0 radical (unpaired) electrons. The topological polar surface area (TPSA) is 92.6 Å². The number of hydrogen-bond acceptors (Lipinski definition) is 5. The zero-order chi connectivity index (χ0) is 24.2. The highest BCUT2D eigenvalue weighted by Crippen LogP contribution is 2.14. The molecule has 7 nitrogen and oxygen atoms in total. The average molecular weight is 480 g/mol. The summed E-state index contributed by atoms with van der Waals surface area (Å²) in [5.74, 6) is 0.882. The maximum Gasteiger partial charge on any atom is 0.257 e. The maximum atomic E-state index is 12.5. The van der Waals surface area contributed by atoms with Crippen molar-refractivity contribution in [1.82, 2.24) is 10.6 Å². The van der Waals surface area contributed by atoms with Gasteiger partial charge >= 0.3 is 0 Å². The van der Waals surface area contributed by atoms with E-state index in [0.717, 1.165) is 18.6 Å². The highest BCUT2D eigenvalue weighted by molar-refractivity contribution is 7.80. The molecule has 0 aliphatic rings. The van der Waals surface area contributed by atoms with Gasteiger partial charge in [-0.25, -0.2) is 0 Å². The second-order valence-electron chi connectivity index (χ2n) is 7.68. The molecule has 34 heavy (non-hydrogen) atoms. The zero-order valence-corrected chi connectivity index (χ0v) is 20.0. The van der Waals surface area contributed by atoms with E-state index in [1.54, 1.807) is 66.9 Å². The molecule has 3 aromatic rings. The van der Waals surface area contributed by atoms with Gasteiger partial charge in [-0.2, -0.15) is 0 Å². The van der Waals surface area contributed by atoms with Gasteiger partial charge in [0.25, 0.3) is 11.8 Å². The van der Waals surface area contributed by atoms with Crippen LogP contribution < -0.4 is 20.7 Å². The van der Waals surface area contributed by atoms with Crippen molar-refractivity contribution in [2.45, 2.75) is 39.2 Å². The van der Waals surface area contributed by atoms with Crippen molar-refractivity contribution in [3.63, 3.8) is 0 Å². The second kappa shape index (κ2) is 13.2. The monoisotopic (exact) mass is 479 g/mol. The highest BCUT2D eigenvalue weighted by atomic mass is 32.1. The molecule has 0 unspecified atom stereocenters. The molecule has 0 fully saturated rings. The van der Waals surface area contributed by atoms with Crippen LogP contribution in [0.1, 0.15) is 59.1 Å². The number of carbonyl (C=O) groups excluding carboxylic acids is 2. The van der Waals surface area contributed by atoms with Gasteiger partial charge in [-0.15, -0.1) is 0 Å². The van der Waals surface area contributed by atoms with Crippen molar-refractivity contribution in [2.75, 3.05) is 11.9 Å². The number of nitrogens with one attached hydrogen (secondary N) is 3. The molecule has 3 rings (SSSR count). The molecule has 1 aromatic heterocycles. The number of amides is 2. The van der Waals surface area contributed by atoms with Gasteiger partial charge in [0, 0.05) is 16.8 Å². The molecule has 1 heterocycles. The summed E-state index contributed by atoms with van der Waals surface area (Å²) in [7, 11) is 0. The van der Waals surface area contributed by atoms with E-state index >= 15 is 0 Å². The minimum Gasteiger partial charge on any atom is -0.494 e. The van der Waals surface area contributed by atoms with E-state index in [4.69, 9.17) is 21.4 Å². The molecule has 0 bridgehead atoms. The number of furan rings is 1. The fourth-order valence-electron chi connectivity index (χ4n) is 3.15. The molecular weight excluding hydrogens is 450 g/mol. The minimum atomic E-state index is -0.319. The summed E-state index contributed by atoms with van der Waals surface area (Å²) in [6.45, 7) is 3.16. The third kappa shape index (κ3) is 8.04. The third-order valence-corrected chi connectivity index (χ3v) is 5.22. The molecule has 3 N–H and O–H groups in total. The van der Waals surface area contributed by atoms with Crippen molar-refractivity contribution < 1.29 is 18.7 Å². The largest absolute Gasteiger partial charge is 0.494 e. The van der Waals surface area contributed by atoms with E-state index in [1.807, 2.05) is 0 Å². The lowest BCUT2D eigenvalue weighted by Gasteiger charge is -2.11. The summed E-state index contributed by atoms with van der Waals surface area (Å²) in [6, 6.07) is 17.3. The van der Waals surface area contributed by atoms with Crippen molar-refractivity contribution in [1.29, 1.82) is 0 Å². The van der Waals surface area contributed by atoms with Gasteiger partial charge in [-0.1, -0.05) is 26.2 Å². The Balaban J connectivity index is 1.42. The molecule has 0 spiro atoms. The quantitative estimate of drug-likeness (QED) is 0.255. The molecule has 0 saturated carbocycles. The average Bonchev–Trinajstić information content (AvgIpc) is 3.37. The Morgan fingerprint density at radius 3 is 2.29 bits per heavy atom. The van der Waals surface area contributed by atoms with Crippen LogP contribution in [0.25, 0.3) is 0 Å². The van der Waals surface area contributed by atoms with Gasteiger partial charge in [0.1, 0.15) is 11.5 Å². The third-order valence-electron chi connectivity index (χ3n) is 5.02. The molecule has 0 aliphatic heterocycles. The number of unbranched alkanes of at least 4 members (excludes halogenated alkanes) is 3. The minimum absolute atomic E-state index is 0.163. The molecule has 0 atom stereocenters. The number of benzene rings is 2. The summed E-state index contributed by atoms with van der Waals surface area (Å²) in [4.78, 5) is 24.7. The van der Waals surface area contributed by atoms with E-state index in [2.05, 4.69) is 22.9 Å². The van der Waals surface area contributed by atoms with E-state index in [1.165, 1.54) is 12.8 Å². The van der Waals surface area contributed by atoms with Gasteiger partial charge in [-0.05, 0) is 79.3 Å². The Morgan fingerprint density at radius 2 is 1.62 bits per heavy atom. The van der Waals surface area contributed by atoms with Crippen molar-refractivity contribution in [2.24, 2.45) is 0 Å². The Kier molecular flexibility index (Phi) is 9.66. The first-order valence-electron chi connectivity index (χ1n) is 11.3. The van der Waals surface area contributed by atoms with Crippen LogP contribution in [-0.4, -0.2) is 23.5 Å². The smallest absolute Gasteiger partial charge is 0.257 e. The standard InChI is InChI=1S/C26H29N3O4S/c1-2-3-4-5-16-32-22-14-10-20(11-15-22)25(31)29-26(34)28-21-12-8-19(9-13-21)24(30)27-18-23-7-6-17-33-23/h6-15,17H,2-5,16,18H2,1H3,(H,27,30)(H2,28,29,31,34). The van der Waals surface area contributed by atoms with Crippen LogP contribution in [-0.2, 0) is 6.54 Å². The van der Waals surface area contributed by atoms with Gasteiger partial charge in [0.2, 0.25) is 0 Å².